The second-order valence-corrected chi connectivity index (χ2v) is 47.7. The molecular weight excluding hydrogens is 1930 g/mol. The van der Waals surface area contributed by atoms with Crippen molar-refractivity contribution >= 4 is 182 Å². The fourth-order valence-corrected chi connectivity index (χ4v) is 21.5. The average molecular weight is 2100 g/mol. The number of para-hydroxylation sites is 1. The van der Waals surface area contributed by atoms with Crippen LogP contribution >= 0.6 is 113 Å². The van der Waals surface area contributed by atoms with Crippen LogP contribution in [0.3, 0.4) is 0 Å². The van der Waals surface area contributed by atoms with E-state index in [1.54, 1.807) is 132 Å². The maximum absolute atomic E-state index is 5.54. The second kappa shape index (κ2) is 64.4. The van der Waals surface area contributed by atoms with Crippen LogP contribution in [0.15, 0.2) is 133 Å². The van der Waals surface area contributed by atoms with Gasteiger partial charge in [-0.3, -0.25) is 10.4 Å². The SMILES string of the molecule is CC(C)c1csc(N(C)C(C)C)n1.CC(C)c1csc(NC(C)(C)C)n1.CC(C)c1csc(NC2CCCC2)n1.CC(C)c1csc(NCC2CCCO2)n1.CC(C)c1csc(NCCN(C)C)n1.CC(C)c1csc(NN(C)C)n1.CC(C)c1csc(Nc2ccccc2)n1.CC(C)c1csc(Nc2ccccn2)n1.CC(C)c1csc(Nc2ccncc2)n1.CCC(CC)Nc1nc(C(C)C)cs1. The summed E-state index contributed by atoms with van der Waals surface area (Å²) >= 11 is 16.8. The number of hydrazine groups is 1. The van der Waals surface area contributed by atoms with Gasteiger partial charge in [-0.2, -0.15) is 0 Å². The highest BCUT2D eigenvalue weighted by Gasteiger charge is 2.21. The van der Waals surface area contributed by atoms with Gasteiger partial charge in [0.25, 0.3) is 0 Å². The summed E-state index contributed by atoms with van der Waals surface area (Å²) in [6, 6.07) is 21.5. The van der Waals surface area contributed by atoms with Crippen LogP contribution in [0.5, 0.6) is 0 Å². The highest BCUT2D eigenvalue weighted by molar-refractivity contribution is 7.16. The molecule has 12 aromatic heterocycles. The van der Waals surface area contributed by atoms with Crippen molar-refractivity contribution in [2.75, 3.05) is 114 Å². The Morgan fingerprint density at radius 1 is 0.379 bits per heavy atom. The van der Waals surface area contributed by atoms with Crippen molar-refractivity contribution in [3.8, 4) is 0 Å². The molecule has 1 aliphatic carbocycles. The van der Waals surface area contributed by atoms with E-state index in [1.807, 2.05) is 79.8 Å². The molecule has 25 nitrogen and oxygen atoms in total. The summed E-state index contributed by atoms with van der Waals surface area (Å²) in [5.74, 6) is 5.96. The number of aromatic nitrogens is 12. The zero-order valence-electron chi connectivity index (χ0n) is 89.5. The maximum Gasteiger partial charge on any atom is 0.197 e. The first-order valence-corrected chi connectivity index (χ1v) is 58.3. The molecule has 2 aliphatic rings. The molecule has 35 heteroatoms. The zero-order valence-corrected chi connectivity index (χ0v) is 97.7. The Hall–Kier alpha value is -8.30. The van der Waals surface area contributed by atoms with E-state index in [0.717, 1.165) is 130 Å². The van der Waals surface area contributed by atoms with E-state index < -0.39 is 0 Å². The lowest BCUT2D eigenvalue weighted by Crippen LogP contribution is -2.25. The third kappa shape index (κ3) is 47.9. The van der Waals surface area contributed by atoms with E-state index in [2.05, 4.69) is 379 Å². The Labute approximate surface area is 880 Å². The molecule has 140 heavy (non-hydrogen) atoms. The van der Waals surface area contributed by atoms with E-state index in [1.165, 1.54) is 72.7 Å². The molecule has 1 aromatic carbocycles. The van der Waals surface area contributed by atoms with E-state index in [9.17, 15) is 0 Å². The molecule has 0 amide bonds. The van der Waals surface area contributed by atoms with Gasteiger partial charge in [0.15, 0.2) is 51.3 Å². The lowest BCUT2D eigenvalue weighted by atomic mass is 10.1. The minimum atomic E-state index is 0.103. The largest absolute Gasteiger partial charge is 0.376 e. The summed E-state index contributed by atoms with van der Waals surface area (Å²) in [7, 11) is 10.1. The van der Waals surface area contributed by atoms with Crippen molar-refractivity contribution in [2.24, 2.45) is 0 Å². The predicted octanol–water partition coefficient (Wildman–Crippen LogP) is 32.1. The molecule has 13 heterocycles. The van der Waals surface area contributed by atoms with Gasteiger partial charge in [-0.05, 0) is 183 Å². The second-order valence-electron chi connectivity index (χ2n) is 39.1. The normalized spacial score (nSPS) is 12.9. The van der Waals surface area contributed by atoms with Gasteiger partial charge in [0.05, 0.1) is 63.0 Å². The van der Waals surface area contributed by atoms with Gasteiger partial charge in [0.1, 0.15) is 5.82 Å². The molecule has 9 N–H and O–H groups in total. The zero-order chi connectivity index (χ0) is 103. The first-order valence-electron chi connectivity index (χ1n) is 49.5. The molecule has 0 spiro atoms. The van der Waals surface area contributed by atoms with Crippen LogP contribution in [0.25, 0.3) is 0 Å². The van der Waals surface area contributed by atoms with Crippen molar-refractivity contribution < 1.29 is 4.74 Å². The lowest BCUT2D eigenvalue weighted by molar-refractivity contribution is 0.120. The molecule has 0 radical (unpaired) electrons. The number of anilines is 13. The van der Waals surface area contributed by atoms with Gasteiger partial charge in [0.2, 0.25) is 0 Å². The molecule has 15 rings (SSSR count). The number of thiazole rings is 10. The van der Waals surface area contributed by atoms with Crippen LogP contribution in [-0.2, 0) is 4.74 Å². The quantitative estimate of drug-likeness (QED) is 0.0169. The average Bonchev–Trinajstić information content (AvgIpc) is 1.69. The lowest BCUT2D eigenvalue weighted by Gasteiger charge is -2.19. The van der Waals surface area contributed by atoms with Crippen molar-refractivity contribution in [2.45, 2.75) is 327 Å². The summed E-state index contributed by atoms with van der Waals surface area (Å²) < 4.78 is 5.54. The first kappa shape index (κ1) is 120. The smallest absolute Gasteiger partial charge is 0.197 e. The van der Waals surface area contributed by atoms with Crippen LogP contribution in [-0.4, -0.2) is 161 Å². The van der Waals surface area contributed by atoms with Crippen molar-refractivity contribution in [1.29, 1.82) is 0 Å². The fraction of sp³-hybridized carbons (Fsp3) is 0.562. The highest BCUT2D eigenvalue weighted by Crippen LogP contribution is 2.34. The summed E-state index contributed by atoms with van der Waals surface area (Å²) in [4.78, 5) is 57.6. The van der Waals surface area contributed by atoms with Gasteiger partial charge in [0, 0.05) is 155 Å². The van der Waals surface area contributed by atoms with Crippen molar-refractivity contribution in [3.05, 3.63) is 190 Å². The Kier molecular flexibility index (Phi) is 55.4. The number of nitrogens with one attached hydrogen (secondary N) is 9. The third-order valence-electron chi connectivity index (χ3n) is 21.2. The van der Waals surface area contributed by atoms with E-state index in [-0.39, 0.29) is 5.54 Å². The number of hydrogen-bond acceptors (Lipinski definition) is 35. The third-order valence-corrected chi connectivity index (χ3v) is 29.2. The van der Waals surface area contributed by atoms with Crippen LogP contribution < -0.4 is 52.9 Å². The predicted molar refractivity (Wildman–Crippen MR) is 619 cm³/mol. The number of likely N-dealkylation sites (N-methyl/N-ethyl adjacent to an activating group) is 1. The Bertz CT molecular complexity index is 5080. The molecule has 1 unspecified atom stereocenters. The van der Waals surface area contributed by atoms with Gasteiger partial charge in [-0.25, -0.2) is 59.8 Å². The van der Waals surface area contributed by atoms with Crippen LogP contribution in [0, 0.1) is 0 Å². The monoisotopic (exact) mass is 2100 g/mol. The number of ether oxygens (including phenoxy) is 1. The molecule has 0 bridgehead atoms. The van der Waals surface area contributed by atoms with Gasteiger partial charge in [-0.15, -0.1) is 113 Å². The summed E-state index contributed by atoms with van der Waals surface area (Å²) in [6.45, 7) is 62.2. The Morgan fingerprint density at radius 2 is 0.750 bits per heavy atom. The first-order chi connectivity index (χ1) is 66.5. The van der Waals surface area contributed by atoms with Crippen LogP contribution in [0.2, 0.25) is 0 Å². The highest BCUT2D eigenvalue weighted by atomic mass is 32.1. The molecule has 1 aliphatic heterocycles. The van der Waals surface area contributed by atoms with E-state index in [0.29, 0.717) is 83.4 Å². The fourth-order valence-electron chi connectivity index (χ4n) is 12.0. The minimum Gasteiger partial charge on any atom is -0.376 e. The topological polar surface area (TPSA) is 282 Å². The molecule has 1 atom stereocenters. The van der Waals surface area contributed by atoms with E-state index >= 15 is 0 Å². The maximum atomic E-state index is 5.54. The molecule has 2 fully saturated rings. The Morgan fingerprint density at radius 3 is 1.15 bits per heavy atom. The standard InChI is InChI=1S/C12H14N2S.2C11H13N3S.C11H18N2OS.C11H18N2S.C11H20N2S.C10H19N3S.2C10H18N2S.C8H15N3S/c1-9(2)11-8-15-12(14-11)13-10-6-4-3-5-7-10;1-8(2)10-7-15-11(14-10)13-9-3-5-12-6-4-9;1-8(2)9-7-15-11(13-9)14-10-5-3-4-6-12-10;1-8(2)10-7-15-11(13-10)12-6-9-4-3-5-14-9;1-8(2)10-7-14-11(13-10)12-9-5-3-4-6-9;1-5-9(6-2)12-11-13-10(7-14-11)8(3)4;1-8(2)9-7-14-10(12-9)11-5-6-13(3)4;1-7(2)8-6-13-9(11-8)12-10(3,4)5;1-7(2)9-6-13-10(11-9)12(5)8(3)4;1-6(2)7-5-12-8(9-7)10-11(3)4/h3-9H,1-2H3,(H,13,14);2*3-8H,1-2H3,(H,12,13,14);7-9H,3-6H2,1-2H3,(H,12,13);7-9H,3-6H2,1-2H3,(H,12,13);7-9H,5-6H2,1-4H3,(H,12,13);7-8H,5-6H2,1-4H3,(H,11,12);6-7H,1-5H3,(H,11,12);6-8H,1-5H3;5-6H,1-4H3,(H,9,10). The Balaban J connectivity index is 0.000000239. The number of nitrogens with zero attached hydrogens (tertiary/aromatic N) is 15. The molecule has 772 valence electrons. The van der Waals surface area contributed by atoms with E-state index in [4.69, 9.17) is 4.74 Å². The number of hydrogen-bond donors (Lipinski definition) is 9. The number of pyridine rings is 2. The van der Waals surface area contributed by atoms with Crippen molar-refractivity contribution in [1.82, 2.24) is 69.7 Å². The number of benzene rings is 1. The van der Waals surface area contributed by atoms with Gasteiger partial charge >= 0.3 is 0 Å². The molecule has 1 saturated carbocycles. The minimum absolute atomic E-state index is 0.103. The summed E-state index contributed by atoms with van der Waals surface area (Å²) in [5.41, 5.74) is 17.1. The van der Waals surface area contributed by atoms with Crippen LogP contribution in [0.4, 0.5) is 68.5 Å². The summed E-state index contributed by atoms with van der Waals surface area (Å²) in [6.07, 6.45) is 15.7. The molecule has 13 aromatic rings. The van der Waals surface area contributed by atoms with Gasteiger partial charge < -0.3 is 57.1 Å². The van der Waals surface area contributed by atoms with Crippen LogP contribution in [0.1, 0.15) is 354 Å². The molecular formula is C105H166N24OS10. The van der Waals surface area contributed by atoms with Gasteiger partial charge in [-0.1, -0.05) is 189 Å². The number of rotatable bonds is 34. The van der Waals surface area contributed by atoms with Crippen molar-refractivity contribution in [3.63, 3.8) is 0 Å². The summed E-state index contributed by atoms with van der Waals surface area (Å²) in [5, 5.41) is 60.0. The molecule has 1 saturated heterocycles.